The molecule has 1 unspecified atom stereocenters. The van der Waals surface area contributed by atoms with Crippen molar-refractivity contribution in [2.75, 3.05) is 16.8 Å². The molecule has 0 amide bonds. The fourth-order valence-electron chi connectivity index (χ4n) is 2.67. The number of hydrogen-bond acceptors (Lipinski definition) is 3. The van der Waals surface area contributed by atoms with Crippen molar-refractivity contribution in [2.45, 2.75) is 39.9 Å². The summed E-state index contributed by atoms with van der Waals surface area (Å²) in [7, 11) is 2.14. The molecule has 3 nitrogen and oxygen atoms in total. The molecule has 1 atom stereocenters. The maximum Gasteiger partial charge on any atom is 0.153 e. The first-order chi connectivity index (χ1) is 7.54. The second-order valence-corrected chi connectivity index (χ2v) is 5.12. The second-order valence-electron chi connectivity index (χ2n) is 5.12. The van der Waals surface area contributed by atoms with Gasteiger partial charge in [0.05, 0.1) is 5.69 Å². The highest BCUT2D eigenvalue weighted by Gasteiger charge is 2.37. The monoisotopic (exact) mass is 219 g/mol. The summed E-state index contributed by atoms with van der Waals surface area (Å²) in [4.78, 5) is 9.25. The van der Waals surface area contributed by atoms with Crippen molar-refractivity contribution in [3.8, 4) is 0 Å². The average molecular weight is 219 g/mol. The van der Waals surface area contributed by atoms with Crippen LogP contribution in [0.2, 0.25) is 0 Å². The van der Waals surface area contributed by atoms with Crippen LogP contribution in [0.5, 0.6) is 0 Å². The largest absolute Gasteiger partial charge is 0.345 e. The van der Waals surface area contributed by atoms with Crippen LogP contribution >= 0.6 is 0 Å². The lowest BCUT2D eigenvalue weighted by Crippen LogP contribution is -2.48. The Bertz CT molecular complexity index is 373. The van der Waals surface area contributed by atoms with Gasteiger partial charge in [-0.3, -0.25) is 0 Å². The van der Waals surface area contributed by atoms with Crippen LogP contribution in [-0.4, -0.2) is 24.2 Å². The summed E-state index contributed by atoms with van der Waals surface area (Å²) < 4.78 is 0. The number of hydrogen-bond donors (Lipinski definition) is 0. The van der Waals surface area contributed by atoms with E-state index < -0.39 is 0 Å². The first-order valence-electron chi connectivity index (χ1n) is 6.00. The van der Waals surface area contributed by atoms with Gasteiger partial charge in [0.1, 0.15) is 6.17 Å². The molecule has 0 aromatic carbocycles. The first kappa shape index (κ1) is 11.2. The Kier molecular flexibility index (Phi) is 2.78. The third-order valence-corrected chi connectivity index (χ3v) is 3.21. The van der Waals surface area contributed by atoms with Crippen LogP contribution in [0.15, 0.2) is 18.3 Å². The molecular formula is C13H21N3. The smallest absolute Gasteiger partial charge is 0.153 e. The van der Waals surface area contributed by atoms with E-state index in [1.165, 1.54) is 5.69 Å². The molecule has 0 radical (unpaired) electrons. The Hall–Kier alpha value is -1.25. The van der Waals surface area contributed by atoms with Crippen LogP contribution in [0.3, 0.4) is 0 Å². The molecule has 3 heteroatoms. The Morgan fingerprint density at radius 2 is 1.94 bits per heavy atom. The van der Waals surface area contributed by atoms with E-state index in [0.717, 1.165) is 5.82 Å². The molecule has 0 fully saturated rings. The lowest BCUT2D eigenvalue weighted by molar-refractivity contribution is 0.442. The van der Waals surface area contributed by atoms with E-state index in [2.05, 4.69) is 55.6 Å². The van der Waals surface area contributed by atoms with Crippen molar-refractivity contribution in [2.24, 2.45) is 5.92 Å². The number of rotatable bonds is 2. The molecule has 1 aliphatic rings. The zero-order chi connectivity index (χ0) is 11.9. The van der Waals surface area contributed by atoms with Gasteiger partial charge in [-0.15, -0.1) is 0 Å². The van der Waals surface area contributed by atoms with Gasteiger partial charge in [0.25, 0.3) is 0 Å². The van der Waals surface area contributed by atoms with E-state index in [-0.39, 0.29) is 0 Å². The molecule has 0 spiro atoms. The number of nitrogens with zero attached hydrogens (tertiary/aromatic N) is 3. The quantitative estimate of drug-likeness (QED) is 0.762. The maximum absolute atomic E-state index is 4.49. The molecule has 0 aliphatic carbocycles. The number of fused-ring (bicyclic) bond motifs is 1. The van der Waals surface area contributed by atoms with E-state index in [9.17, 15) is 0 Å². The molecule has 1 aromatic heterocycles. The van der Waals surface area contributed by atoms with Crippen molar-refractivity contribution in [1.82, 2.24) is 4.98 Å². The van der Waals surface area contributed by atoms with Crippen molar-refractivity contribution < 1.29 is 0 Å². The van der Waals surface area contributed by atoms with Gasteiger partial charge in [0.15, 0.2) is 5.82 Å². The predicted octanol–water partition coefficient (Wildman–Crippen LogP) is 2.73. The minimum atomic E-state index is 0.421. The Labute approximate surface area is 98.1 Å². The molecule has 1 aliphatic heterocycles. The second kappa shape index (κ2) is 3.96. The van der Waals surface area contributed by atoms with Crippen LogP contribution in [0.4, 0.5) is 11.5 Å². The number of anilines is 2. The highest BCUT2D eigenvalue weighted by atomic mass is 15.4. The van der Waals surface area contributed by atoms with E-state index >= 15 is 0 Å². The van der Waals surface area contributed by atoms with Crippen molar-refractivity contribution in [3.05, 3.63) is 18.3 Å². The third kappa shape index (κ3) is 1.55. The Morgan fingerprint density at radius 1 is 1.25 bits per heavy atom. The van der Waals surface area contributed by atoms with Crippen molar-refractivity contribution in [3.63, 3.8) is 0 Å². The topological polar surface area (TPSA) is 19.4 Å². The number of aromatic nitrogens is 1. The van der Waals surface area contributed by atoms with Crippen LogP contribution in [0.1, 0.15) is 27.7 Å². The zero-order valence-electron chi connectivity index (χ0n) is 10.8. The molecule has 2 heterocycles. The maximum atomic E-state index is 4.49. The van der Waals surface area contributed by atoms with E-state index in [0.29, 0.717) is 18.1 Å². The molecule has 1 aromatic rings. The van der Waals surface area contributed by atoms with Gasteiger partial charge in [0, 0.05) is 19.3 Å². The summed E-state index contributed by atoms with van der Waals surface area (Å²) in [6.45, 7) is 9.02. The summed E-state index contributed by atoms with van der Waals surface area (Å²) in [5.41, 5.74) is 1.26. The first-order valence-corrected chi connectivity index (χ1v) is 6.00. The lowest BCUT2D eigenvalue weighted by Gasteiger charge is -2.36. The number of pyridine rings is 1. The molecule has 2 rings (SSSR count). The summed E-state index contributed by atoms with van der Waals surface area (Å²) >= 11 is 0. The SMILES string of the molecule is CC(C)C1N(C)c2ncccc2N1C(C)C. The van der Waals surface area contributed by atoms with Crippen LogP contribution in [0.25, 0.3) is 0 Å². The van der Waals surface area contributed by atoms with Crippen LogP contribution in [-0.2, 0) is 0 Å². The molecule has 88 valence electrons. The lowest BCUT2D eigenvalue weighted by atomic mass is 10.1. The third-order valence-electron chi connectivity index (χ3n) is 3.21. The van der Waals surface area contributed by atoms with Gasteiger partial charge in [0.2, 0.25) is 0 Å². The summed E-state index contributed by atoms with van der Waals surface area (Å²) in [5.74, 6) is 1.69. The highest BCUT2D eigenvalue weighted by Crippen LogP contribution is 2.40. The molecule has 0 N–H and O–H groups in total. The molecule has 0 bridgehead atoms. The van der Waals surface area contributed by atoms with Gasteiger partial charge in [-0.25, -0.2) is 4.98 Å². The molecule has 16 heavy (non-hydrogen) atoms. The fourth-order valence-corrected chi connectivity index (χ4v) is 2.67. The summed E-state index contributed by atoms with van der Waals surface area (Å²) in [6, 6.07) is 4.69. The summed E-state index contributed by atoms with van der Waals surface area (Å²) in [5, 5.41) is 0. The minimum absolute atomic E-state index is 0.421. The fraction of sp³-hybridized carbons (Fsp3) is 0.615. The molecule has 0 saturated carbocycles. The van der Waals surface area contributed by atoms with Gasteiger partial charge in [-0.2, -0.15) is 0 Å². The Balaban J connectivity index is 2.47. The van der Waals surface area contributed by atoms with E-state index in [1.54, 1.807) is 0 Å². The predicted molar refractivity (Wildman–Crippen MR) is 68.9 cm³/mol. The summed E-state index contributed by atoms with van der Waals surface area (Å²) in [6.07, 6.45) is 2.29. The molecular weight excluding hydrogens is 198 g/mol. The molecule has 0 saturated heterocycles. The van der Waals surface area contributed by atoms with Crippen molar-refractivity contribution in [1.29, 1.82) is 0 Å². The van der Waals surface area contributed by atoms with Gasteiger partial charge in [-0.05, 0) is 31.9 Å². The van der Waals surface area contributed by atoms with Gasteiger partial charge in [-0.1, -0.05) is 13.8 Å². The standard InChI is InChI=1S/C13H21N3/c1-9(2)13-15(5)12-11(7-6-8-14-12)16(13)10(3)4/h6-10,13H,1-5H3. The Morgan fingerprint density at radius 3 is 2.50 bits per heavy atom. The normalized spacial score (nSPS) is 19.8. The highest BCUT2D eigenvalue weighted by molar-refractivity contribution is 5.73. The minimum Gasteiger partial charge on any atom is -0.345 e. The van der Waals surface area contributed by atoms with E-state index in [4.69, 9.17) is 0 Å². The van der Waals surface area contributed by atoms with Gasteiger partial charge >= 0.3 is 0 Å². The van der Waals surface area contributed by atoms with E-state index in [1.807, 2.05) is 12.3 Å². The van der Waals surface area contributed by atoms with Crippen molar-refractivity contribution >= 4 is 11.5 Å². The zero-order valence-corrected chi connectivity index (χ0v) is 10.8. The van der Waals surface area contributed by atoms with Crippen LogP contribution < -0.4 is 9.80 Å². The van der Waals surface area contributed by atoms with Gasteiger partial charge < -0.3 is 9.80 Å². The van der Waals surface area contributed by atoms with Crippen LogP contribution in [0, 0.1) is 5.92 Å². The average Bonchev–Trinajstić information content (AvgIpc) is 2.53.